The van der Waals surface area contributed by atoms with Crippen molar-refractivity contribution in [2.45, 2.75) is 25.9 Å². The third kappa shape index (κ3) is 2.18. The number of nitrogens with zero attached hydrogens (tertiary/aromatic N) is 3. The first kappa shape index (κ1) is 11.5. The summed E-state index contributed by atoms with van der Waals surface area (Å²) in [6.45, 7) is 5.69. The van der Waals surface area contributed by atoms with Gasteiger partial charge in [0, 0.05) is 50.0 Å². The van der Waals surface area contributed by atoms with Crippen LogP contribution in [0.2, 0.25) is 0 Å². The molecule has 18 heavy (non-hydrogen) atoms. The predicted molar refractivity (Wildman–Crippen MR) is 72.4 cm³/mol. The smallest absolute Gasteiger partial charge is 0.0473 e. The molecule has 0 unspecified atom stereocenters. The number of hydrogen-bond acceptors (Lipinski definition) is 2. The zero-order chi connectivity index (χ0) is 12.4. The highest BCUT2D eigenvalue weighted by atomic mass is 15.2. The molecule has 2 aromatic heterocycles. The Hall–Kier alpha value is -1.61. The van der Waals surface area contributed by atoms with Gasteiger partial charge in [0.2, 0.25) is 0 Å². The van der Waals surface area contributed by atoms with Crippen LogP contribution in [0.3, 0.4) is 0 Å². The first-order chi connectivity index (χ1) is 8.84. The van der Waals surface area contributed by atoms with Crippen molar-refractivity contribution in [1.29, 1.82) is 0 Å². The Morgan fingerprint density at radius 2 is 2.06 bits per heavy atom. The van der Waals surface area contributed by atoms with Crippen LogP contribution in [0.15, 0.2) is 42.9 Å². The van der Waals surface area contributed by atoms with Crippen molar-refractivity contribution in [2.75, 3.05) is 13.1 Å². The first-order valence-corrected chi connectivity index (χ1v) is 6.62. The largest absolute Gasteiger partial charge is 0.349 e. The van der Waals surface area contributed by atoms with Gasteiger partial charge in [0.25, 0.3) is 0 Å². The Labute approximate surface area is 108 Å². The standard InChI is InChI=1S/C15H19N3/c1-13-15-3-2-9-18(15)12-11-17(13)10-6-14-4-7-16-8-5-14/h2-5,7-9,13H,6,10-12H2,1H3/t13-/m0/s1. The van der Waals surface area contributed by atoms with Gasteiger partial charge in [0.1, 0.15) is 0 Å². The summed E-state index contributed by atoms with van der Waals surface area (Å²) >= 11 is 0. The summed E-state index contributed by atoms with van der Waals surface area (Å²) in [5.74, 6) is 0. The van der Waals surface area contributed by atoms with Gasteiger partial charge in [-0.1, -0.05) is 0 Å². The fourth-order valence-corrected chi connectivity index (χ4v) is 2.75. The Morgan fingerprint density at radius 1 is 1.22 bits per heavy atom. The topological polar surface area (TPSA) is 21.1 Å². The van der Waals surface area contributed by atoms with Crippen LogP contribution in [-0.2, 0) is 13.0 Å². The SMILES string of the molecule is C[C@H]1c2cccn2CCN1CCc1ccncc1. The molecule has 0 saturated carbocycles. The maximum Gasteiger partial charge on any atom is 0.0473 e. The second-order valence-corrected chi connectivity index (χ2v) is 4.94. The van der Waals surface area contributed by atoms with Gasteiger partial charge < -0.3 is 4.57 Å². The molecule has 0 N–H and O–H groups in total. The monoisotopic (exact) mass is 241 g/mol. The number of pyridine rings is 1. The molecule has 1 aliphatic rings. The minimum atomic E-state index is 0.524. The van der Waals surface area contributed by atoms with E-state index in [0.29, 0.717) is 6.04 Å². The van der Waals surface area contributed by atoms with E-state index in [0.717, 1.165) is 26.1 Å². The van der Waals surface area contributed by atoms with Crippen LogP contribution in [0, 0.1) is 0 Å². The van der Waals surface area contributed by atoms with E-state index in [2.05, 4.69) is 51.8 Å². The van der Waals surface area contributed by atoms with E-state index in [-0.39, 0.29) is 0 Å². The summed E-state index contributed by atoms with van der Waals surface area (Å²) in [7, 11) is 0. The minimum Gasteiger partial charge on any atom is -0.349 e. The predicted octanol–water partition coefficient (Wildman–Crippen LogP) is 2.50. The van der Waals surface area contributed by atoms with Gasteiger partial charge in [-0.2, -0.15) is 0 Å². The van der Waals surface area contributed by atoms with E-state index >= 15 is 0 Å². The average molecular weight is 241 g/mol. The van der Waals surface area contributed by atoms with Crippen LogP contribution < -0.4 is 0 Å². The molecule has 3 nitrogen and oxygen atoms in total. The summed E-state index contributed by atoms with van der Waals surface area (Å²) in [6, 6.07) is 9.13. The normalized spacial score (nSPS) is 19.7. The van der Waals surface area contributed by atoms with Crippen LogP contribution >= 0.6 is 0 Å². The Balaban J connectivity index is 1.65. The highest BCUT2D eigenvalue weighted by Crippen LogP contribution is 2.25. The quantitative estimate of drug-likeness (QED) is 0.823. The highest BCUT2D eigenvalue weighted by molar-refractivity contribution is 5.14. The molecule has 1 atom stereocenters. The molecule has 0 aliphatic carbocycles. The van der Waals surface area contributed by atoms with E-state index < -0.39 is 0 Å². The molecule has 0 spiro atoms. The lowest BCUT2D eigenvalue weighted by molar-refractivity contribution is 0.171. The fraction of sp³-hybridized carbons (Fsp3) is 0.400. The van der Waals surface area contributed by atoms with Crippen molar-refractivity contribution >= 4 is 0 Å². The molecule has 0 amide bonds. The molecule has 0 fully saturated rings. The van der Waals surface area contributed by atoms with Crippen molar-refractivity contribution in [3.63, 3.8) is 0 Å². The van der Waals surface area contributed by atoms with Gasteiger partial charge in [0.05, 0.1) is 0 Å². The molecule has 3 heteroatoms. The number of hydrogen-bond donors (Lipinski definition) is 0. The molecule has 0 bridgehead atoms. The van der Waals surface area contributed by atoms with Crippen molar-refractivity contribution < 1.29 is 0 Å². The van der Waals surface area contributed by atoms with E-state index in [1.165, 1.54) is 11.3 Å². The maximum atomic E-state index is 4.06. The molecular weight excluding hydrogens is 222 g/mol. The van der Waals surface area contributed by atoms with Crippen molar-refractivity contribution in [1.82, 2.24) is 14.5 Å². The van der Waals surface area contributed by atoms with Gasteiger partial charge in [-0.3, -0.25) is 9.88 Å². The van der Waals surface area contributed by atoms with Crippen LogP contribution in [0.25, 0.3) is 0 Å². The highest BCUT2D eigenvalue weighted by Gasteiger charge is 2.22. The maximum absolute atomic E-state index is 4.06. The zero-order valence-corrected chi connectivity index (χ0v) is 10.8. The third-order valence-electron chi connectivity index (χ3n) is 3.91. The lowest BCUT2D eigenvalue weighted by Crippen LogP contribution is -2.37. The van der Waals surface area contributed by atoms with Gasteiger partial charge in [0.15, 0.2) is 0 Å². The Bertz CT molecular complexity index is 503. The summed E-state index contributed by atoms with van der Waals surface area (Å²) in [6.07, 6.45) is 7.04. The molecule has 1 aliphatic heterocycles. The third-order valence-corrected chi connectivity index (χ3v) is 3.91. The number of rotatable bonds is 3. The summed E-state index contributed by atoms with van der Waals surface area (Å²) < 4.78 is 2.37. The lowest BCUT2D eigenvalue weighted by Gasteiger charge is -2.34. The van der Waals surface area contributed by atoms with Crippen molar-refractivity contribution in [3.05, 3.63) is 54.1 Å². The second-order valence-electron chi connectivity index (χ2n) is 4.94. The van der Waals surface area contributed by atoms with Crippen LogP contribution in [0.4, 0.5) is 0 Å². The Morgan fingerprint density at radius 3 is 2.89 bits per heavy atom. The van der Waals surface area contributed by atoms with Gasteiger partial charge in [-0.25, -0.2) is 0 Å². The van der Waals surface area contributed by atoms with E-state index in [9.17, 15) is 0 Å². The van der Waals surface area contributed by atoms with Crippen LogP contribution in [-0.4, -0.2) is 27.5 Å². The minimum absolute atomic E-state index is 0.524. The lowest BCUT2D eigenvalue weighted by atomic mass is 10.1. The van der Waals surface area contributed by atoms with Crippen molar-refractivity contribution in [3.8, 4) is 0 Å². The second kappa shape index (κ2) is 4.94. The average Bonchev–Trinajstić information content (AvgIpc) is 2.88. The summed E-state index contributed by atoms with van der Waals surface area (Å²) in [5.41, 5.74) is 2.81. The molecule has 3 heterocycles. The zero-order valence-electron chi connectivity index (χ0n) is 10.8. The molecule has 0 saturated heterocycles. The Kier molecular flexibility index (Phi) is 3.15. The molecule has 2 aromatic rings. The van der Waals surface area contributed by atoms with Gasteiger partial charge >= 0.3 is 0 Å². The molecule has 0 aromatic carbocycles. The van der Waals surface area contributed by atoms with Crippen molar-refractivity contribution in [2.24, 2.45) is 0 Å². The summed E-state index contributed by atoms with van der Waals surface area (Å²) in [5, 5.41) is 0. The molecule has 94 valence electrons. The van der Waals surface area contributed by atoms with E-state index in [4.69, 9.17) is 0 Å². The van der Waals surface area contributed by atoms with E-state index in [1.807, 2.05) is 12.4 Å². The molecule has 3 rings (SSSR count). The van der Waals surface area contributed by atoms with Gasteiger partial charge in [-0.15, -0.1) is 0 Å². The van der Waals surface area contributed by atoms with Gasteiger partial charge in [-0.05, 0) is 43.2 Å². The molecule has 0 radical (unpaired) electrons. The van der Waals surface area contributed by atoms with Crippen LogP contribution in [0.1, 0.15) is 24.2 Å². The van der Waals surface area contributed by atoms with E-state index in [1.54, 1.807) is 0 Å². The fourth-order valence-electron chi connectivity index (χ4n) is 2.75. The molecular formula is C15H19N3. The van der Waals surface area contributed by atoms with Crippen LogP contribution in [0.5, 0.6) is 0 Å². The first-order valence-electron chi connectivity index (χ1n) is 6.62. The number of fused-ring (bicyclic) bond motifs is 1. The number of aromatic nitrogens is 2. The summed E-state index contributed by atoms with van der Waals surface area (Å²) in [4.78, 5) is 6.63.